The summed E-state index contributed by atoms with van der Waals surface area (Å²) in [5, 5.41) is 21.4. The van der Waals surface area contributed by atoms with Crippen LogP contribution < -0.4 is 5.32 Å². The number of carbonyl (C=O) groups is 1. The molecule has 1 atom stereocenters. The van der Waals surface area contributed by atoms with E-state index in [0.29, 0.717) is 17.5 Å². The third-order valence-electron chi connectivity index (χ3n) is 4.17. The summed E-state index contributed by atoms with van der Waals surface area (Å²) in [7, 11) is 0. The van der Waals surface area contributed by atoms with Crippen LogP contribution in [0.25, 0.3) is 11.4 Å². The van der Waals surface area contributed by atoms with E-state index in [9.17, 15) is 4.79 Å². The number of tetrazole rings is 1. The Morgan fingerprint density at radius 1 is 1.18 bits per heavy atom. The Balaban J connectivity index is 1.51. The Kier molecular flexibility index (Phi) is 4.83. The van der Waals surface area contributed by atoms with Gasteiger partial charge in [-0.1, -0.05) is 30.3 Å². The van der Waals surface area contributed by atoms with Gasteiger partial charge < -0.3 is 5.32 Å². The number of aryl methyl sites for hydroxylation is 1. The van der Waals surface area contributed by atoms with Crippen molar-refractivity contribution in [2.45, 2.75) is 19.5 Å². The summed E-state index contributed by atoms with van der Waals surface area (Å²) in [6.45, 7) is 1.95. The number of benzene rings is 1. The van der Waals surface area contributed by atoms with Gasteiger partial charge in [0.05, 0.1) is 6.54 Å². The Hall–Kier alpha value is -3.95. The lowest BCUT2D eigenvalue weighted by molar-refractivity contribution is -0.123. The number of hydrogen-bond donors (Lipinski definition) is 2. The molecule has 2 N–H and O–H groups in total. The molecule has 4 aromatic rings. The van der Waals surface area contributed by atoms with Crippen molar-refractivity contribution in [2.75, 3.05) is 0 Å². The molecule has 0 bridgehead atoms. The standard InChI is InChI=1S/C18H17N9O/c1-12-22-25-26-27(12)16(13-5-3-2-4-6-13)18(28)20-11-15-21-17(24-23-15)14-7-9-19-10-8-14/h2-10,16H,11H2,1H3,(H,20,28)(H,21,23,24). The number of carbonyl (C=O) groups excluding carboxylic acids is 1. The van der Waals surface area contributed by atoms with Gasteiger partial charge in [0, 0.05) is 18.0 Å². The van der Waals surface area contributed by atoms with E-state index in [1.54, 1.807) is 19.3 Å². The third-order valence-corrected chi connectivity index (χ3v) is 4.17. The van der Waals surface area contributed by atoms with Crippen LogP contribution in [-0.4, -0.2) is 46.3 Å². The number of H-pyrrole nitrogens is 1. The van der Waals surface area contributed by atoms with Crippen LogP contribution in [0.15, 0.2) is 54.9 Å². The monoisotopic (exact) mass is 375 g/mol. The highest BCUT2D eigenvalue weighted by Gasteiger charge is 2.25. The molecule has 0 radical (unpaired) electrons. The van der Waals surface area contributed by atoms with Crippen LogP contribution in [-0.2, 0) is 11.3 Å². The molecule has 0 aliphatic rings. The number of nitrogens with one attached hydrogen (secondary N) is 2. The van der Waals surface area contributed by atoms with E-state index in [1.165, 1.54) is 4.68 Å². The second-order valence-electron chi connectivity index (χ2n) is 6.04. The number of aromatic amines is 1. The van der Waals surface area contributed by atoms with Gasteiger partial charge in [0.15, 0.2) is 11.9 Å². The minimum Gasteiger partial charge on any atom is -0.347 e. The Labute approximate surface area is 160 Å². The molecule has 1 amide bonds. The lowest BCUT2D eigenvalue weighted by Crippen LogP contribution is -2.34. The van der Waals surface area contributed by atoms with Gasteiger partial charge in [0.2, 0.25) is 5.91 Å². The van der Waals surface area contributed by atoms with Gasteiger partial charge in [-0.25, -0.2) is 9.67 Å². The predicted molar refractivity (Wildman–Crippen MR) is 98.6 cm³/mol. The largest absolute Gasteiger partial charge is 0.347 e. The summed E-state index contributed by atoms with van der Waals surface area (Å²) in [5.41, 5.74) is 1.63. The van der Waals surface area contributed by atoms with E-state index >= 15 is 0 Å². The molecule has 0 fully saturated rings. The minimum atomic E-state index is -0.682. The minimum absolute atomic E-state index is 0.196. The molecule has 0 saturated carbocycles. The quantitative estimate of drug-likeness (QED) is 0.516. The Morgan fingerprint density at radius 3 is 2.68 bits per heavy atom. The number of pyridine rings is 1. The van der Waals surface area contributed by atoms with Crippen molar-refractivity contribution in [3.05, 3.63) is 72.1 Å². The van der Waals surface area contributed by atoms with Crippen molar-refractivity contribution in [2.24, 2.45) is 0 Å². The van der Waals surface area contributed by atoms with E-state index < -0.39 is 6.04 Å². The average Bonchev–Trinajstić information content (AvgIpc) is 3.38. The van der Waals surface area contributed by atoms with Crippen molar-refractivity contribution in [3.8, 4) is 11.4 Å². The van der Waals surface area contributed by atoms with Gasteiger partial charge in [0.1, 0.15) is 11.6 Å². The zero-order valence-electron chi connectivity index (χ0n) is 15.0. The van der Waals surface area contributed by atoms with Gasteiger partial charge in [-0.3, -0.25) is 14.9 Å². The molecular formula is C18H17N9O. The second-order valence-corrected chi connectivity index (χ2v) is 6.04. The topological polar surface area (TPSA) is 127 Å². The first kappa shape index (κ1) is 17.5. The van der Waals surface area contributed by atoms with E-state index in [-0.39, 0.29) is 12.5 Å². The molecule has 28 heavy (non-hydrogen) atoms. The lowest BCUT2D eigenvalue weighted by Gasteiger charge is -2.17. The van der Waals surface area contributed by atoms with Crippen molar-refractivity contribution in [3.63, 3.8) is 0 Å². The number of nitrogens with zero attached hydrogens (tertiary/aromatic N) is 7. The molecule has 10 nitrogen and oxygen atoms in total. The van der Waals surface area contributed by atoms with Crippen molar-refractivity contribution in [1.29, 1.82) is 0 Å². The predicted octanol–water partition coefficient (Wildman–Crippen LogP) is 1.07. The molecule has 0 spiro atoms. The maximum absolute atomic E-state index is 12.9. The van der Waals surface area contributed by atoms with Crippen LogP contribution in [0.3, 0.4) is 0 Å². The molecule has 1 unspecified atom stereocenters. The number of aromatic nitrogens is 8. The molecule has 1 aromatic carbocycles. The van der Waals surface area contributed by atoms with E-state index in [2.05, 4.69) is 41.0 Å². The van der Waals surface area contributed by atoms with Gasteiger partial charge in [-0.05, 0) is 35.0 Å². The van der Waals surface area contributed by atoms with E-state index in [0.717, 1.165) is 11.1 Å². The summed E-state index contributed by atoms with van der Waals surface area (Å²) in [6, 6.07) is 12.3. The van der Waals surface area contributed by atoms with E-state index in [4.69, 9.17) is 0 Å². The molecular weight excluding hydrogens is 358 g/mol. The fraction of sp³-hybridized carbons (Fsp3) is 0.167. The maximum Gasteiger partial charge on any atom is 0.249 e. The summed E-state index contributed by atoms with van der Waals surface area (Å²) in [5.74, 6) is 1.38. The maximum atomic E-state index is 12.9. The average molecular weight is 375 g/mol. The van der Waals surface area contributed by atoms with Gasteiger partial charge in [0.25, 0.3) is 0 Å². The second kappa shape index (κ2) is 7.74. The van der Waals surface area contributed by atoms with Crippen molar-refractivity contribution in [1.82, 2.24) is 45.7 Å². The fourth-order valence-electron chi connectivity index (χ4n) is 2.79. The van der Waals surface area contributed by atoms with Crippen LogP contribution in [0, 0.1) is 6.92 Å². The van der Waals surface area contributed by atoms with Gasteiger partial charge in [-0.15, -0.1) is 5.10 Å². The van der Waals surface area contributed by atoms with Gasteiger partial charge >= 0.3 is 0 Å². The SMILES string of the molecule is Cc1nnnn1C(C(=O)NCc1nc(-c2ccncc2)n[nH]1)c1ccccc1. The molecule has 140 valence electrons. The molecule has 3 aromatic heterocycles. The summed E-state index contributed by atoms with van der Waals surface area (Å²) in [4.78, 5) is 21.3. The summed E-state index contributed by atoms with van der Waals surface area (Å²) in [6.07, 6.45) is 3.35. The molecule has 3 heterocycles. The van der Waals surface area contributed by atoms with Gasteiger partial charge in [-0.2, -0.15) is 5.10 Å². The normalized spacial score (nSPS) is 11.9. The first-order valence-corrected chi connectivity index (χ1v) is 8.61. The van der Waals surface area contributed by atoms with Crippen molar-refractivity contribution >= 4 is 5.91 Å². The highest BCUT2D eigenvalue weighted by Crippen LogP contribution is 2.19. The van der Waals surface area contributed by atoms with E-state index in [1.807, 2.05) is 42.5 Å². The zero-order chi connectivity index (χ0) is 19.3. The number of amides is 1. The van der Waals surface area contributed by atoms with Crippen LogP contribution in [0.4, 0.5) is 0 Å². The van der Waals surface area contributed by atoms with Crippen LogP contribution in [0.1, 0.15) is 23.3 Å². The highest BCUT2D eigenvalue weighted by atomic mass is 16.2. The van der Waals surface area contributed by atoms with Crippen molar-refractivity contribution < 1.29 is 4.79 Å². The summed E-state index contributed by atoms with van der Waals surface area (Å²) >= 11 is 0. The number of hydrogen-bond acceptors (Lipinski definition) is 7. The molecule has 0 saturated heterocycles. The first-order valence-electron chi connectivity index (χ1n) is 8.61. The molecule has 0 aliphatic carbocycles. The Bertz CT molecular complexity index is 1060. The smallest absolute Gasteiger partial charge is 0.249 e. The summed E-state index contributed by atoms with van der Waals surface area (Å²) < 4.78 is 1.49. The third kappa shape index (κ3) is 3.61. The number of rotatable bonds is 6. The van der Waals surface area contributed by atoms with Crippen LogP contribution in [0.2, 0.25) is 0 Å². The highest BCUT2D eigenvalue weighted by molar-refractivity contribution is 5.83. The van der Waals surface area contributed by atoms with Crippen LogP contribution >= 0.6 is 0 Å². The molecule has 0 aliphatic heterocycles. The Morgan fingerprint density at radius 2 is 1.96 bits per heavy atom. The molecule has 10 heteroatoms. The molecule has 4 rings (SSSR count). The zero-order valence-corrected chi connectivity index (χ0v) is 15.0. The van der Waals surface area contributed by atoms with Crippen LogP contribution in [0.5, 0.6) is 0 Å². The fourth-order valence-corrected chi connectivity index (χ4v) is 2.79. The first-order chi connectivity index (χ1) is 13.7. The lowest BCUT2D eigenvalue weighted by atomic mass is 10.1.